The van der Waals surface area contributed by atoms with Gasteiger partial charge in [-0.1, -0.05) is 24.6 Å². The Labute approximate surface area is 161 Å². The predicted molar refractivity (Wildman–Crippen MR) is 108 cm³/mol. The van der Waals surface area contributed by atoms with E-state index in [1.54, 1.807) is 19.1 Å². The summed E-state index contributed by atoms with van der Waals surface area (Å²) in [7, 11) is -3.16. The van der Waals surface area contributed by atoms with E-state index in [4.69, 9.17) is 0 Å². The number of benzene rings is 2. The SMILES string of the molecule is CCS(=O)(=O)c1ccc(N2CCC(NC(=O)c3cccc(C)c3)CC2)cc1. The fourth-order valence-corrected chi connectivity index (χ4v) is 4.25. The second-order valence-electron chi connectivity index (χ2n) is 7.00. The number of amides is 1. The summed E-state index contributed by atoms with van der Waals surface area (Å²) in [5, 5.41) is 3.13. The van der Waals surface area contributed by atoms with Crippen LogP contribution in [0.2, 0.25) is 0 Å². The summed E-state index contributed by atoms with van der Waals surface area (Å²) in [6, 6.07) is 14.9. The maximum atomic E-state index is 12.4. The minimum absolute atomic E-state index is 0.0220. The normalized spacial score (nSPS) is 15.6. The highest BCUT2D eigenvalue weighted by molar-refractivity contribution is 7.91. The molecule has 144 valence electrons. The molecule has 0 atom stereocenters. The van der Waals surface area contributed by atoms with Crippen LogP contribution in [0, 0.1) is 6.92 Å². The van der Waals surface area contributed by atoms with E-state index in [-0.39, 0.29) is 17.7 Å². The van der Waals surface area contributed by atoms with Crippen molar-refractivity contribution in [3.63, 3.8) is 0 Å². The van der Waals surface area contributed by atoms with E-state index >= 15 is 0 Å². The average molecular weight is 387 g/mol. The summed E-state index contributed by atoms with van der Waals surface area (Å²) in [6.45, 7) is 5.29. The molecule has 2 aromatic carbocycles. The van der Waals surface area contributed by atoms with Crippen molar-refractivity contribution >= 4 is 21.4 Å². The van der Waals surface area contributed by atoms with Gasteiger partial charge in [-0.3, -0.25) is 4.79 Å². The van der Waals surface area contributed by atoms with Crippen LogP contribution in [0.1, 0.15) is 35.7 Å². The number of nitrogens with one attached hydrogen (secondary N) is 1. The van der Waals surface area contributed by atoms with E-state index in [0.717, 1.165) is 37.2 Å². The lowest BCUT2D eigenvalue weighted by atomic mass is 10.0. The fraction of sp³-hybridized carbons (Fsp3) is 0.381. The van der Waals surface area contributed by atoms with E-state index in [1.165, 1.54) is 0 Å². The molecule has 0 radical (unpaired) electrons. The van der Waals surface area contributed by atoms with Crippen molar-refractivity contribution in [3.05, 3.63) is 59.7 Å². The molecule has 1 heterocycles. The lowest BCUT2D eigenvalue weighted by molar-refractivity contribution is 0.0931. The van der Waals surface area contributed by atoms with E-state index in [2.05, 4.69) is 10.2 Å². The highest BCUT2D eigenvalue weighted by Gasteiger charge is 2.22. The van der Waals surface area contributed by atoms with Gasteiger partial charge in [-0.2, -0.15) is 0 Å². The molecule has 0 aromatic heterocycles. The Morgan fingerprint density at radius 1 is 1.11 bits per heavy atom. The first kappa shape index (κ1) is 19.4. The van der Waals surface area contributed by atoms with Gasteiger partial charge in [0.05, 0.1) is 10.6 Å². The van der Waals surface area contributed by atoms with Crippen LogP contribution in [-0.2, 0) is 9.84 Å². The highest BCUT2D eigenvalue weighted by atomic mass is 32.2. The van der Waals surface area contributed by atoms with Crippen molar-refractivity contribution in [2.75, 3.05) is 23.7 Å². The van der Waals surface area contributed by atoms with Gasteiger partial charge in [0.2, 0.25) is 0 Å². The number of sulfone groups is 1. The lowest BCUT2D eigenvalue weighted by Crippen LogP contribution is -2.44. The molecule has 0 bridgehead atoms. The molecular weight excluding hydrogens is 360 g/mol. The molecule has 1 saturated heterocycles. The minimum Gasteiger partial charge on any atom is -0.371 e. The van der Waals surface area contributed by atoms with Crippen molar-refractivity contribution in [1.29, 1.82) is 0 Å². The van der Waals surface area contributed by atoms with Gasteiger partial charge in [-0.05, 0) is 56.2 Å². The molecule has 0 aliphatic carbocycles. The molecule has 1 N–H and O–H groups in total. The zero-order valence-corrected chi connectivity index (χ0v) is 16.6. The highest BCUT2D eigenvalue weighted by Crippen LogP contribution is 2.22. The van der Waals surface area contributed by atoms with Crippen LogP contribution in [0.3, 0.4) is 0 Å². The second kappa shape index (κ2) is 8.13. The Hall–Kier alpha value is -2.34. The molecule has 1 fully saturated rings. The monoisotopic (exact) mass is 386 g/mol. The Balaban J connectivity index is 1.56. The molecule has 1 aliphatic rings. The number of anilines is 1. The van der Waals surface area contributed by atoms with Crippen molar-refractivity contribution in [1.82, 2.24) is 5.32 Å². The van der Waals surface area contributed by atoms with Gasteiger partial charge in [-0.15, -0.1) is 0 Å². The minimum atomic E-state index is -3.16. The summed E-state index contributed by atoms with van der Waals surface area (Å²) in [4.78, 5) is 15.0. The Bertz CT molecular complexity index is 899. The number of piperidine rings is 1. The zero-order chi connectivity index (χ0) is 19.4. The third-order valence-corrected chi connectivity index (χ3v) is 6.80. The number of rotatable bonds is 5. The Morgan fingerprint density at radius 2 is 1.78 bits per heavy atom. The van der Waals surface area contributed by atoms with Crippen LogP contribution >= 0.6 is 0 Å². The number of nitrogens with zero attached hydrogens (tertiary/aromatic N) is 1. The number of hydrogen-bond acceptors (Lipinski definition) is 4. The average Bonchev–Trinajstić information content (AvgIpc) is 2.68. The third kappa shape index (κ3) is 4.69. The van der Waals surface area contributed by atoms with Gasteiger partial charge in [0.1, 0.15) is 0 Å². The lowest BCUT2D eigenvalue weighted by Gasteiger charge is -2.34. The van der Waals surface area contributed by atoms with E-state index in [0.29, 0.717) is 10.5 Å². The van der Waals surface area contributed by atoms with Crippen LogP contribution in [0.4, 0.5) is 5.69 Å². The predicted octanol–water partition coefficient (Wildman–Crippen LogP) is 3.19. The van der Waals surface area contributed by atoms with Crippen LogP contribution < -0.4 is 10.2 Å². The molecule has 1 amide bonds. The molecule has 0 unspecified atom stereocenters. The van der Waals surface area contributed by atoms with Crippen molar-refractivity contribution in [2.24, 2.45) is 0 Å². The number of carbonyl (C=O) groups is 1. The van der Waals surface area contributed by atoms with E-state index in [1.807, 2.05) is 43.3 Å². The summed E-state index contributed by atoms with van der Waals surface area (Å²) >= 11 is 0. The molecule has 5 nitrogen and oxygen atoms in total. The maximum absolute atomic E-state index is 12.4. The van der Waals surface area contributed by atoms with E-state index in [9.17, 15) is 13.2 Å². The van der Waals surface area contributed by atoms with Gasteiger partial charge < -0.3 is 10.2 Å². The second-order valence-corrected chi connectivity index (χ2v) is 9.28. The van der Waals surface area contributed by atoms with Gasteiger partial charge in [0, 0.05) is 30.4 Å². The molecule has 2 aromatic rings. The van der Waals surface area contributed by atoms with Crippen molar-refractivity contribution in [2.45, 2.75) is 37.6 Å². The quantitative estimate of drug-likeness (QED) is 0.857. The third-order valence-electron chi connectivity index (χ3n) is 5.05. The summed E-state index contributed by atoms with van der Waals surface area (Å²) in [5.41, 5.74) is 2.80. The van der Waals surface area contributed by atoms with Crippen LogP contribution in [0.25, 0.3) is 0 Å². The first-order valence-electron chi connectivity index (χ1n) is 9.34. The summed E-state index contributed by atoms with van der Waals surface area (Å²) < 4.78 is 23.8. The number of hydrogen-bond donors (Lipinski definition) is 1. The molecule has 0 saturated carbocycles. The topological polar surface area (TPSA) is 66.5 Å². The fourth-order valence-electron chi connectivity index (χ4n) is 3.37. The van der Waals surface area contributed by atoms with Crippen molar-refractivity contribution < 1.29 is 13.2 Å². The first-order valence-corrected chi connectivity index (χ1v) is 11.0. The van der Waals surface area contributed by atoms with Gasteiger partial charge in [0.15, 0.2) is 9.84 Å². The molecule has 6 heteroatoms. The van der Waals surface area contributed by atoms with Crippen molar-refractivity contribution in [3.8, 4) is 0 Å². The van der Waals surface area contributed by atoms with Gasteiger partial charge in [-0.25, -0.2) is 8.42 Å². The maximum Gasteiger partial charge on any atom is 0.251 e. The van der Waals surface area contributed by atoms with Crippen LogP contribution in [0.5, 0.6) is 0 Å². The van der Waals surface area contributed by atoms with Crippen LogP contribution in [0.15, 0.2) is 53.4 Å². The molecule has 0 spiro atoms. The summed E-state index contributed by atoms with van der Waals surface area (Å²) in [6.07, 6.45) is 1.74. The standard InChI is InChI=1S/C21H26N2O3S/c1-3-27(25,26)20-9-7-19(8-10-20)23-13-11-18(12-14-23)22-21(24)17-6-4-5-16(2)15-17/h4-10,15,18H,3,11-14H2,1-2H3,(H,22,24). The molecule has 3 rings (SSSR count). The number of carbonyl (C=O) groups excluding carboxylic acids is 1. The van der Waals surface area contributed by atoms with Gasteiger partial charge >= 0.3 is 0 Å². The smallest absolute Gasteiger partial charge is 0.251 e. The van der Waals surface area contributed by atoms with Gasteiger partial charge in [0.25, 0.3) is 5.91 Å². The zero-order valence-electron chi connectivity index (χ0n) is 15.8. The molecule has 1 aliphatic heterocycles. The van der Waals surface area contributed by atoms with E-state index < -0.39 is 9.84 Å². The largest absolute Gasteiger partial charge is 0.371 e. The first-order chi connectivity index (χ1) is 12.9. The molecular formula is C21H26N2O3S. The Morgan fingerprint density at radius 3 is 2.37 bits per heavy atom. The van der Waals surface area contributed by atoms with Crippen LogP contribution in [-0.4, -0.2) is 39.2 Å². The molecule has 27 heavy (non-hydrogen) atoms. The number of aryl methyl sites for hydroxylation is 1. The summed E-state index contributed by atoms with van der Waals surface area (Å²) in [5.74, 6) is 0.0875. The Kier molecular flexibility index (Phi) is 5.85.